The summed E-state index contributed by atoms with van der Waals surface area (Å²) >= 11 is 3.19. The highest BCUT2D eigenvalue weighted by atomic mass is 79.9. The number of hydrogen-bond donors (Lipinski definition) is 1. The van der Waals surface area contributed by atoms with Crippen LogP contribution in [-0.4, -0.2) is 11.4 Å². The van der Waals surface area contributed by atoms with Crippen molar-refractivity contribution < 1.29 is 9.18 Å². The third-order valence-electron chi connectivity index (χ3n) is 3.05. The summed E-state index contributed by atoms with van der Waals surface area (Å²) in [6.45, 7) is 2.03. The molecule has 0 heterocycles. The van der Waals surface area contributed by atoms with Crippen LogP contribution < -0.4 is 5.32 Å². The van der Waals surface area contributed by atoms with E-state index in [1.807, 2.05) is 6.92 Å². The molecule has 1 N–H and O–H groups in total. The third-order valence-corrected chi connectivity index (χ3v) is 3.70. The number of nitrogens with one attached hydrogen (secondary N) is 1. The van der Waals surface area contributed by atoms with Crippen LogP contribution in [-0.2, 0) is 0 Å². The molecule has 1 aromatic carbocycles. The van der Waals surface area contributed by atoms with E-state index in [2.05, 4.69) is 21.2 Å². The number of carbonyl (C=O) groups is 1. The molecule has 0 aliphatic heterocycles. The number of carbonyl (C=O) groups excluding carboxylic acids is 1. The zero-order valence-electron chi connectivity index (χ0n) is 9.02. The van der Waals surface area contributed by atoms with Crippen LogP contribution in [0.4, 0.5) is 4.39 Å². The van der Waals surface area contributed by atoms with Gasteiger partial charge in [0.05, 0.1) is 5.56 Å². The van der Waals surface area contributed by atoms with Gasteiger partial charge in [-0.1, -0.05) is 0 Å². The van der Waals surface area contributed by atoms with Crippen molar-refractivity contribution in [1.82, 2.24) is 5.32 Å². The first-order chi connectivity index (χ1) is 7.50. The van der Waals surface area contributed by atoms with Crippen LogP contribution in [0, 0.1) is 5.82 Å². The molecule has 1 fully saturated rings. The third kappa shape index (κ3) is 2.26. The van der Waals surface area contributed by atoms with E-state index < -0.39 is 0 Å². The number of hydrogen-bond acceptors (Lipinski definition) is 1. The van der Waals surface area contributed by atoms with Crippen LogP contribution in [0.2, 0.25) is 0 Å². The van der Waals surface area contributed by atoms with Crippen molar-refractivity contribution in [3.8, 4) is 0 Å². The first-order valence-electron chi connectivity index (χ1n) is 5.28. The summed E-state index contributed by atoms with van der Waals surface area (Å²) in [7, 11) is 0. The van der Waals surface area contributed by atoms with Gasteiger partial charge in [-0.2, -0.15) is 0 Å². The Labute approximate surface area is 102 Å². The molecule has 16 heavy (non-hydrogen) atoms. The minimum atomic E-state index is -0.349. The van der Waals surface area contributed by atoms with E-state index in [9.17, 15) is 9.18 Å². The highest BCUT2D eigenvalue weighted by Gasteiger charge is 2.33. The van der Waals surface area contributed by atoms with Crippen LogP contribution in [0.15, 0.2) is 22.7 Å². The molecule has 0 radical (unpaired) electrons. The molecular formula is C12H13BrFNO. The van der Waals surface area contributed by atoms with E-state index in [0.717, 1.165) is 19.3 Å². The van der Waals surface area contributed by atoms with Gasteiger partial charge in [-0.15, -0.1) is 0 Å². The van der Waals surface area contributed by atoms with Gasteiger partial charge >= 0.3 is 0 Å². The SMILES string of the molecule is CC1(NC(=O)c2ccc(F)cc2Br)CCC1. The van der Waals surface area contributed by atoms with Crippen LogP contribution in [0.1, 0.15) is 36.5 Å². The summed E-state index contributed by atoms with van der Waals surface area (Å²) in [5.41, 5.74) is 0.403. The monoisotopic (exact) mass is 285 g/mol. The topological polar surface area (TPSA) is 29.1 Å². The largest absolute Gasteiger partial charge is 0.347 e. The fourth-order valence-electron chi connectivity index (χ4n) is 1.85. The standard InChI is InChI=1S/C12H13BrFNO/c1-12(5-2-6-12)15-11(16)9-4-3-8(14)7-10(9)13/h3-4,7H,2,5-6H2,1H3,(H,15,16). The van der Waals surface area contributed by atoms with Crippen molar-refractivity contribution in [2.24, 2.45) is 0 Å². The second-order valence-electron chi connectivity index (χ2n) is 4.49. The Kier molecular flexibility index (Phi) is 3.02. The molecule has 1 saturated carbocycles. The Morgan fingerprint density at radius 2 is 2.19 bits per heavy atom. The van der Waals surface area contributed by atoms with E-state index in [1.54, 1.807) is 0 Å². The summed E-state index contributed by atoms with van der Waals surface area (Å²) in [5, 5.41) is 2.98. The Morgan fingerprint density at radius 3 is 2.69 bits per heavy atom. The molecule has 86 valence electrons. The van der Waals surface area contributed by atoms with Crippen molar-refractivity contribution in [2.45, 2.75) is 31.7 Å². The fourth-order valence-corrected chi connectivity index (χ4v) is 2.38. The van der Waals surface area contributed by atoms with Gasteiger partial charge < -0.3 is 5.32 Å². The summed E-state index contributed by atoms with van der Waals surface area (Å²) in [6.07, 6.45) is 3.18. The molecule has 0 spiro atoms. The van der Waals surface area contributed by atoms with Gasteiger partial charge in [-0.3, -0.25) is 4.79 Å². The number of halogens is 2. The smallest absolute Gasteiger partial charge is 0.252 e. The number of benzene rings is 1. The molecule has 1 aromatic rings. The van der Waals surface area contributed by atoms with Gasteiger partial charge in [-0.05, 0) is 60.3 Å². The molecule has 0 atom stereocenters. The molecular weight excluding hydrogens is 273 g/mol. The average Bonchev–Trinajstić information content (AvgIpc) is 2.14. The van der Waals surface area contributed by atoms with E-state index in [-0.39, 0.29) is 17.3 Å². The molecule has 0 saturated heterocycles. The lowest BCUT2D eigenvalue weighted by Crippen LogP contribution is -2.51. The minimum absolute atomic E-state index is 0.0785. The van der Waals surface area contributed by atoms with Gasteiger partial charge in [0.15, 0.2) is 0 Å². The molecule has 1 amide bonds. The lowest BCUT2D eigenvalue weighted by Gasteiger charge is -2.39. The summed E-state index contributed by atoms with van der Waals surface area (Å²) in [4.78, 5) is 11.9. The van der Waals surface area contributed by atoms with Crippen LogP contribution >= 0.6 is 15.9 Å². The number of amides is 1. The minimum Gasteiger partial charge on any atom is -0.347 e. The predicted octanol–water partition coefficient (Wildman–Crippen LogP) is 3.26. The maximum Gasteiger partial charge on any atom is 0.252 e. The molecule has 0 unspecified atom stereocenters. The fraction of sp³-hybridized carbons (Fsp3) is 0.417. The van der Waals surface area contributed by atoms with Crippen LogP contribution in [0.25, 0.3) is 0 Å². The van der Waals surface area contributed by atoms with Crippen molar-refractivity contribution >= 4 is 21.8 Å². The lowest BCUT2D eigenvalue weighted by atomic mass is 9.78. The molecule has 4 heteroatoms. The van der Waals surface area contributed by atoms with E-state index in [0.29, 0.717) is 10.0 Å². The Bertz CT molecular complexity index is 429. The zero-order valence-corrected chi connectivity index (χ0v) is 10.6. The molecule has 1 aliphatic rings. The van der Waals surface area contributed by atoms with Gasteiger partial charge in [0.25, 0.3) is 5.91 Å². The Balaban J connectivity index is 2.14. The zero-order chi connectivity index (χ0) is 11.8. The van der Waals surface area contributed by atoms with E-state index >= 15 is 0 Å². The quantitative estimate of drug-likeness (QED) is 0.888. The highest BCUT2D eigenvalue weighted by Crippen LogP contribution is 2.31. The highest BCUT2D eigenvalue weighted by molar-refractivity contribution is 9.10. The normalized spacial score (nSPS) is 17.7. The van der Waals surface area contributed by atoms with E-state index in [1.165, 1.54) is 18.2 Å². The van der Waals surface area contributed by atoms with Gasteiger partial charge in [0.2, 0.25) is 0 Å². The summed E-state index contributed by atoms with van der Waals surface area (Å²) in [6, 6.07) is 4.09. The van der Waals surface area contributed by atoms with Gasteiger partial charge in [0.1, 0.15) is 5.82 Å². The van der Waals surface area contributed by atoms with Crippen LogP contribution in [0.5, 0.6) is 0 Å². The second-order valence-corrected chi connectivity index (χ2v) is 5.35. The molecule has 0 aromatic heterocycles. The van der Waals surface area contributed by atoms with Gasteiger partial charge in [-0.25, -0.2) is 4.39 Å². The summed E-state index contributed by atoms with van der Waals surface area (Å²) in [5.74, 6) is -0.493. The Hall–Kier alpha value is -0.900. The first kappa shape index (κ1) is 11.6. The first-order valence-corrected chi connectivity index (χ1v) is 6.07. The van der Waals surface area contributed by atoms with Crippen molar-refractivity contribution in [3.63, 3.8) is 0 Å². The number of rotatable bonds is 2. The Morgan fingerprint density at radius 1 is 1.50 bits per heavy atom. The molecule has 1 aliphatic carbocycles. The van der Waals surface area contributed by atoms with Crippen molar-refractivity contribution in [1.29, 1.82) is 0 Å². The predicted molar refractivity (Wildman–Crippen MR) is 63.8 cm³/mol. The molecule has 2 nitrogen and oxygen atoms in total. The van der Waals surface area contributed by atoms with Crippen molar-refractivity contribution in [3.05, 3.63) is 34.1 Å². The van der Waals surface area contributed by atoms with Crippen LogP contribution in [0.3, 0.4) is 0 Å². The summed E-state index contributed by atoms with van der Waals surface area (Å²) < 4.78 is 13.4. The average molecular weight is 286 g/mol. The molecule has 2 rings (SSSR count). The van der Waals surface area contributed by atoms with Gasteiger partial charge in [0, 0.05) is 10.0 Å². The second kappa shape index (κ2) is 4.17. The van der Waals surface area contributed by atoms with E-state index in [4.69, 9.17) is 0 Å². The maximum absolute atomic E-state index is 12.9. The van der Waals surface area contributed by atoms with Crippen molar-refractivity contribution in [2.75, 3.05) is 0 Å². The maximum atomic E-state index is 12.9. The molecule has 0 bridgehead atoms. The lowest BCUT2D eigenvalue weighted by molar-refractivity contribution is 0.0849.